The van der Waals surface area contributed by atoms with Gasteiger partial charge in [-0.2, -0.15) is 0 Å². The Labute approximate surface area is 123 Å². The van der Waals surface area contributed by atoms with Crippen molar-refractivity contribution >= 4 is 33.2 Å². The van der Waals surface area contributed by atoms with E-state index in [1.165, 1.54) is 17.7 Å². The minimum Gasteiger partial charge on any atom is -0.347 e. The number of benzene rings is 1. The molecule has 0 unspecified atom stereocenters. The average Bonchev–Trinajstić information content (AvgIpc) is 2.86. The van der Waals surface area contributed by atoms with E-state index in [0.29, 0.717) is 16.6 Å². The summed E-state index contributed by atoms with van der Waals surface area (Å²) < 4.78 is 13.7. The van der Waals surface area contributed by atoms with Crippen molar-refractivity contribution in [3.8, 4) is 0 Å². The van der Waals surface area contributed by atoms with Crippen LogP contribution in [-0.2, 0) is 13.0 Å². The number of hydrogen-bond acceptors (Lipinski definition) is 2. The SMILES string of the molecule is CCc1ccsc1CNC(=O)c1ccc(Br)c(F)c1. The smallest absolute Gasteiger partial charge is 0.251 e. The number of rotatable bonds is 4. The first-order chi connectivity index (χ1) is 9.11. The predicted octanol–water partition coefficient (Wildman–Crippen LogP) is 4.14. The van der Waals surface area contributed by atoms with Gasteiger partial charge in [-0.3, -0.25) is 4.79 Å². The highest BCUT2D eigenvalue weighted by Crippen LogP contribution is 2.18. The molecule has 5 heteroatoms. The average molecular weight is 342 g/mol. The standard InChI is InChI=1S/C14H13BrFNOS/c1-2-9-5-6-19-13(9)8-17-14(18)10-3-4-11(15)12(16)7-10/h3-7H,2,8H2,1H3,(H,17,18). The van der Waals surface area contributed by atoms with Crippen molar-refractivity contribution in [1.82, 2.24) is 5.32 Å². The molecule has 0 saturated carbocycles. The van der Waals surface area contributed by atoms with E-state index in [4.69, 9.17) is 0 Å². The molecule has 1 N–H and O–H groups in total. The van der Waals surface area contributed by atoms with E-state index in [0.717, 1.165) is 11.3 Å². The van der Waals surface area contributed by atoms with E-state index < -0.39 is 5.82 Å². The maximum absolute atomic E-state index is 13.3. The summed E-state index contributed by atoms with van der Waals surface area (Å²) in [5.74, 6) is -0.695. The number of aryl methyl sites for hydroxylation is 1. The molecule has 19 heavy (non-hydrogen) atoms. The summed E-state index contributed by atoms with van der Waals surface area (Å²) in [5, 5.41) is 4.83. The normalized spacial score (nSPS) is 10.5. The summed E-state index contributed by atoms with van der Waals surface area (Å²) >= 11 is 4.68. The number of hydrogen-bond donors (Lipinski definition) is 1. The van der Waals surface area contributed by atoms with Crippen LogP contribution in [0.25, 0.3) is 0 Å². The van der Waals surface area contributed by atoms with Gasteiger partial charge in [0.15, 0.2) is 0 Å². The van der Waals surface area contributed by atoms with Crippen LogP contribution in [0.3, 0.4) is 0 Å². The molecule has 2 nitrogen and oxygen atoms in total. The first kappa shape index (κ1) is 14.2. The van der Waals surface area contributed by atoms with Crippen LogP contribution in [0.4, 0.5) is 4.39 Å². The molecule has 2 rings (SSSR count). The number of carbonyl (C=O) groups excluding carboxylic acids is 1. The Morgan fingerprint density at radius 1 is 1.42 bits per heavy atom. The van der Waals surface area contributed by atoms with Crippen molar-refractivity contribution in [3.05, 3.63) is 55.9 Å². The molecule has 0 aliphatic rings. The van der Waals surface area contributed by atoms with E-state index in [1.807, 2.05) is 5.38 Å². The minimum atomic E-state index is -0.432. The van der Waals surface area contributed by atoms with Gasteiger partial charge in [-0.1, -0.05) is 6.92 Å². The minimum absolute atomic E-state index is 0.262. The molecule has 2 aromatic rings. The maximum atomic E-state index is 13.3. The zero-order chi connectivity index (χ0) is 13.8. The van der Waals surface area contributed by atoms with Gasteiger partial charge in [0.2, 0.25) is 0 Å². The zero-order valence-electron chi connectivity index (χ0n) is 10.4. The highest BCUT2D eigenvalue weighted by Gasteiger charge is 2.09. The lowest BCUT2D eigenvalue weighted by atomic mass is 10.2. The van der Waals surface area contributed by atoms with Crippen LogP contribution in [0.1, 0.15) is 27.7 Å². The lowest BCUT2D eigenvalue weighted by Crippen LogP contribution is -2.22. The predicted molar refractivity (Wildman–Crippen MR) is 79.0 cm³/mol. The summed E-state index contributed by atoms with van der Waals surface area (Å²) in [6.45, 7) is 2.56. The van der Waals surface area contributed by atoms with E-state index in [-0.39, 0.29) is 5.91 Å². The third kappa shape index (κ3) is 3.42. The molecule has 1 heterocycles. The molecule has 100 valence electrons. The molecule has 0 aliphatic heterocycles. The molecule has 0 saturated heterocycles. The monoisotopic (exact) mass is 341 g/mol. The zero-order valence-corrected chi connectivity index (χ0v) is 12.8. The molecule has 0 spiro atoms. The van der Waals surface area contributed by atoms with Crippen molar-refractivity contribution < 1.29 is 9.18 Å². The number of amides is 1. The highest BCUT2D eigenvalue weighted by molar-refractivity contribution is 9.10. The van der Waals surface area contributed by atoms with Gasteiger partial charge in [0.05, 0.1) is 11.0 Å². The van der Waals surface area contributed by atoms with Gasteiger partial charge in [0.1, 0.15) is 5.82 Å². The third-order valence-corrected chi connectivity index (χ3v) is 4.42. The highest BCUT2D eigenvalue weighted by atomic mass is 79.9. The molecule has 0 aliphatic carbocycles. The van der Waals surface area contributed by atoms with Gasteiger partial charge >= 0.3 is 0 Å². The Morgan fingerprint density at radius 2 is 2.21 bits per heavy atom. The van der Waals surface area contributed by atoms with Gasteiger partial charge in [0, 0.05) is 10.4 Å². The fourth-order valence-corrected chi connectivity index (χ4v) is 2.90. The second kappa shape index (κ2) is 6.30. The number of halogens is 2. The Kier molecular flexibility index (Phi) is 4.71. The van der Waals surface area contributed by atoms with Crippen LogP contribution in [-0.4, -0.2) is 5.91 Å². The van der Waals surface area contributed by atoms with E-state index in [9.17, 15) is 9.18 Å². The second-order valence-corrected chi connectivity index (χ2v) is 5.89. The van der Waals surface area contributed by atoms with Crippen molar-refractivity contribution in [2.75, 3.05) is 0 Å². The summed E-state index contributed by atoms with van der Waals surface area (Å²) in [6.07, 6.45) is 0.946. The van der Waals surface area contributed by atoms with Gasteiger partial charge < -0.3 is 5.32 Å². The van der Waals surface area contributed by atoms with E-state index in [2.05, 4.69) is 34.2 Å². The molecule has 0 atom stereocenters. The summed E-state index contributed by atoms with van der Waals surface area (Å²) in [7, 11) is 0. The molecule has 0 fully saturated rings. The lowest BCUT2D eigenvalue weighted by Gasteiger charge is -2.06. The lowest BCUT2D eigenvalue weighted by molar-refractivity contribution is 0.0951. The fourth-order valence-electron chi connectivity index (χ4n) is 1.74. The van der Waals surface area contributed by atoms with Gasteiger partial charge in [-0.05, 0) is 57.6 Å². The Bertz CT molecular complexity index is 597. The van der Waals surface area contributed by atoms with Crippen molar-refractivity contribution in [1.29, 1.82) is 0 Å². The first-order valence-electron chi connectivity index (χ1n) is 5.90. The Balaban J connectivity index is 2.03. The van der Waals surface area contributed by atoms with Crippen LogP contribution < -0.4 is 5.32 Å². The summed E-state index contributed by atoms with van der Waals surface area (Å²) in [4.78, 5) is 13.1. The topological polar surface area (TPSA) is 29.1 Å². The van der Waals surface area contributed by atoms with Crippen LogP contribution in [0, 0.1) is 5.82 Å². The van der Waals surface area contributed by atoms with E-state index >= 15 is 0 Å². The van der Waals surface area contributed by atoms with E-state index in [1.54, 1.807) is 17.4 Å². The molecule has 1 amide bonds. The fraction of sp³-hybridized carbons (Fsp3) is 0.214. The van der Waals surface area contributed by atoms with Crippen LogP contribution in [0.15, 0.2) is 34.1 Å². The van der Waals surface area contributed by atoms with Crippen LogP contribution >= 0.6 is 27.3 Å². The van der Waals surface area contributed by atoms with Gasteiger partial charge in [0.25, 0.3) is 5.91 Å². The second-order valence-electron chi connectivity index (χ2n) is 4.03. The molecule has 1 aromatic heterocycles. The maximum Gasteiger partial charge on any atom is 0.251 e. The molecular formula is C14H13BrFNOS. The number of nitrogens with one attached hydrogen (secondary N) is 1. The Hall–Kier alpha value is -1.20. The summed E-state index contributed by atoms with van der Waals surface area (Å²) in [6, 6.07) is 6.42. The van der Waals surface area contributed by atoms with Crippen molar-refractivity contribution in [3.63, 3.8) is 0 Å². The Morgan fingerprint density at radius 3 is 2.89 bits per heavy atom. The van der Waals surface area contributed by atoms with Gasteiger partial charge in [-0.25, -0.2) is 4.39 Å². The summed E-state index contributed by atoms with van der Waals surface area (Å²) in [5.41, 5.74) is 1.57. The number of thiophene rings is 1. The third-order valence-electron chi connectivity index (χ3n) is 2.81. The largest absolute Gasteiger partial charge is 0.347 e. The molecular weight excluding hydrogens is 329 g/mol. The van der Waals surface area contributed by atoms with Gasteiger partial charge in [-0.15, -0.1) is 11.3 Å². The van der Waals surface area contributed by atoms with Crippen LogP contribution in [0.2, 0.25) is 0 Å². The molecule has 1 aromatic carbocycles. The van der Waals surface area contributed by atoms with Crippen LogP contribution in [0.5, 0.6) is 0 Å². The molecule has 0 radical (unpaired) electrons. The van der Waals surface area contributed by atoms with Crippen molar-refractivity contribution in [2.24, 2.45) is 0 Å². The van der Waals surface area contributed by atoms with Crippen molar-refractivity contribution in [2.45, 2.75) is 19.9 Å². The molecule has 0 bridgehead atoms. The quantitative estimate of drug-likeness (QED) is 0.889. The first-order valence-corrected chi connectivity index (χ1v) is 7.57. The number of carbonyl (C=O) groups is 1.